The summed E-state index contributed by atoms with van der Waals surface area (Å²) in [4.78, 5) is 55.7. The lowest BCUT2D eigenvalue weighted by molar-refractivity contribution is -0.142. The van der Waals surface area contributed by atoms with Crippen LogP contribution < -0.4 is 21.7 Å². The maximum atomic E-state index is 12.8. The number of aromatic nitrogens is 2. The van der Waals surface area contributed by atoms with Crippen LogP contribution in [0.25, 0.3) is 0 Å². The van der Waals surface area contributed by atoms with Crippen LogP contribution in [-0.4, -0.2) is 79.8 Å². The number of hydrogen-bond acceptors (Lipinski definition) is 8. The topological polar surface area (TPSA) is 220 Å². The van der Waals surface area contributed by atoms with E-state index in [1.165, 1.54) is 43.7 Å². The van der Waals surface area contributed by atoms with Crippen molar-refractivity contribution < 1.29 is 34.5 Å². The van der Waals surface area contributed by atoms with Gasteiger partial charge in [0.05, 0.1) is 19.0 Å². The normalized spacial score (nSPS) is 14.3. The van der Waals surface area contributed by atoms with E-state index >= 15 is 0 Å². The molecule has 0 fully saturated rings. The highest BCUT2D eigenvalue weighted by molar-refractivity contribution is 5.94. The first-order valence-corrected chi connectivity index (χ1v) is 10.4. The van der Waals surface area contributed by atoms with Crippen molar-refractivity contribution in [3.8, 4) is 5.75 Å². The number of aromatic hydroxyl groups is 1. The number of H-pyrrole nitrogens is 1. The number of aliphatic carboxylic acids is 1. The number of aliphatic hydroxyl groups excluding tert-OH is 1. The van der Waals surface area contributed by atoms with Crippen LogP contribution >= 0.6 is 0 Å². The van der Waals surface area contributed by atoms with Gasteiger partial charge >= 0.3 is 5.97 Å². The summed E-state index contributed by atoms with van der Waals surface area (Å²) in [5, 5.41) is 35.5. The number of carbonyl (C=O) groups excluding carboxylic acids is 3. The molecule has 1 aromatic carbocycles. The van der Waals surface area contributed by atoms with Crippen LogP contribution in [-0.2, 0) is 32.0 Å². The zero-order valence-corrected chi connectivity index (χ0v) is 18.4. The summed E-state index contributed by atoms with van der Waals surface area (Å²) in [5.74, 6) is -3.65. The number of nitrogens with one attached hydrogen (secondary N) is 4. The molecule has 3 amide bonds. The van der Waals surface area contributed by atoms with Gasteiger partial charge in [0.15, 0.2) is 0 Å². The fourth-order valence-corrected chi connectivity index (χ4v) is 2.94. The fourth-order valence-electron chi connectivity index (χ4n) is 2.94. The first-order chi connectivity index (χ1) is 16.1. The molecule has 0 aliphatic carbocycles. The van der Waals surface area contributed by atoms with E-state index in [0.29, 0.717) is 11.3 Å². The third-order valence-electron chi connectivity index (χ3n) is 4.83. The highest BCUT2D eigenvalue weighted by Gasteiger charge is 2.30. The number of imidazole rings is 1. The molecule has 9 N–H and O–H groups in total. The third kappa shape index (κ3) is 7.86. The number of hydrogen-bond donors (Lipinski definition) is 8. The summed E-state index contributed by atoms with van der Waals surface area (Å²) >= 11 is 0. The van der Waals surface area contributed by atoms with E-state index in [1.54, 1.807) is 0 Å². The Labute approximate surface area is 194 Å². The average molecular weight is 476 g/mol. The smallest absolute Gasteiger partial charge is 0.326 e. The average Bonchev–Trinajstić information content (AvgIpc) is 3.30. The maximum absolute atomic E-state index is 12.8. The lowest BCUT2D eigenvalue weighted by Gasteiger charge is -2.23. The van der Waals surface area contributed by atoms with Crippen LogP contribution in [0.3, 0.4) is 0 Å². The number of benzene rings is 1. The molecular formula is C21H28N6O7. The fraction of sp³-hybridized carbons (Fsp3) is 0.381. The van der Waals surface area contributed by atoms with Crippen molar-refractivity contribution in [2.75, 3.05) is 6.61 Å². The Morgan fingerprint density at radius 3 is 2.09 bits per heavy atom. The second kappa shape index (κ2) is 12.3. The maximum Gasteiger partial charge on any atom is 0.326 e. The van der Waals surface area contributed by atoms with Crippen molar-refractivity contribution >= 4 is 23.7 Å². The van der Waals surface area contributed by atoms with Crippen LogP contribution in [0.4, 0.5) is 0 Å². The van der Waals surface area contributed by atoms with E-state index in [1.807, 2.05) is 0 Å². The number of aromatic amines is 1. The van der Waals surface area contributed by atoms with E-state index in [2.05, 4.69) is 25.9 Å². The largest absolute Gasteiger partial charge is 0.508 e. The molecule has 0 spiro atoms. The number of nitrogens with zero attached hydrogens (tertiary/aromatic N) is 1. The van der Waals surface area contributed by atoms with Crippen LogP contribution in [0.2, 0.25) is 0 Å². The van der Waals surface area contributed by atoms with Crippen molar-refractivity contribution in [1.29, 1.82) is 0 Å². The Balaban J connectivity index is 2.08. The van der Waals surface area contributed by atoms with Crippen LogP contribution in [0.5, 0.6) is 5.75 Å². The molecule has 1 heterocycles. The number of aliphatic hydroxyl groups is 1. The molecule has 2 aromatic rings. The summed E-state index contributed by atoms with van der Waals surface area (Å²) in [6.07, 6.45) is 2.75. The molecule has 0 saturated carbocycles. The van der Waals surface area contributed by atoms with Gasteiger partial charge in [0, 0.05) is 24.7 Å². The zero-order chi connectivity index (χ0) is 25.3. The molecule has 13 heteroatoms. The van der Waals surface area contributed by atoms with Gasteiger partial charge < -0.3 is 42.0 Å². The van der Waals surface area contributed by atoms with Crippen LogP contribution in [0.15, 0.2) is 36.8 Å². The van der Waals surface area contributed by atoms with E-state index in [0.717, 1.165) is 0 Å². The van der Waals surface area contributed by atoms with E-state index < -0.39 is 54.5 Å². The molecule has 0 saturated heterocycles. The second-order valence-corrected chi connectivity index (χ2v) is 7.64. The Morgan fingerprint density at radius 2 is 1.56 bits per heavy atom. The number of carboxylic acid groups (broad SMARTS) is 1. The van der Waals surface area contributed by atoms with Crippen molar-refractivity contribution in [3.63, 3.8) is 0 Å². The third-order valence-corrected chi connectivity index (χ3v) is 4.83. The van der Waals surface area contributed by atoms with E-state index in [4.69, 9.17) is 5.73 Å². The highest BCUT2D eigenvalue weighted by Crippen LogP contribution is 2.11. The summed E-state index contributed by atoms with van der Waals surface area (Å²) in [5.41, 5.74) is 6.61. The minimum absolute atomic E-state index is 0.00264. The molecular weight excluding hydrogens is 448 g/mol. The van der Waals surface area contributed by atoms with Gasteiger partial charge in [0.1, 0.15) is 23.9 Å². The molecule has 34 heavy (non-hydrogen) atoms. The Hall–Kier alpha value is -3.97. The molecule has 0 aliphatic rings. The minimum atomic E-state index is -1.48. The lowest BCUT2D eigenvalue weighted by atomic mass is 10.1. The number of carbonyl (C=O) groups is 4. The molecule has 0 unspecified atom stereocenters. The van der Waals surface area contributed by atoms with E-state index in [9.17, 15) is 34.5 Å². The van der Waals surface area contributed by atoms with Crippen LogP contribution in [0, 0.1) is 0 Å². The predicted octanol–water partition coefficient (Wildman–Crippen LogP) is -2.22. The molecule has 184 valence electrons. The van der Waals surface area contributed by atoms with Gasteiger partial charge in [-0.3, -0.25) is 14.4 Å². The van der Waals surface area contributed by atoms with Gasteiger partial charge in [-0.25, -0.2) is 9.78 Å². The molecule has 0 aliphatic heterocycles. The Morgan fingerprint density at radius 1 is 0.971 bits per heavy atom. The van der Waals surface area contributed by atoms with Gasteiger partial charge in [-0.05, 0) is 24.6 Å². The predicted molar refractivity (Wildman–Crippen MR) is 118 cm³/mol. The molecule has 13 nitrogen and oxygen atoms in total. The number of amides is 3. The zero-order valence-electron chi connectivity index (χ0n) is 18.4. The molecule has 2 rings (SSSR count). The standard InChI is InChI=1S/C21H28N6O7/c1-11(22)18(30)25-15(7-13-8-23-10-24-13)19(31)27-17(9-28)20(32)26-16(21(33)34)6-12-2-4-14(29)5-3-12/h2-5,8,10-11,15-17,28-29H,6-7,9,22H2,1H3,(H,23,24)(H,25,30)(H,26,32)(H,27,31)(H,33,34)/t11-,15-,16-,17-/m0/s1. The molecule has 4 atom stereocenters. The van der Waals surface area contributed by atoms with Gasteiger partial charge in [-0.1, -0.05) is 12.1 Å². The molecule has 0 bridgehead atoms. The minimum Gasteiger partial charge on any atom is -0.508 e. The first kappa shape index (κ1) is 26.3. The quantitative estimate of drug-likeness (QED) is 0.166. The SMILES string of the molecule is C[C@H](N)C(=O)N[C@@H](Cc1cnc[nH]1)C(=O)N[C@@H](CO)C(=O)N[C@@H](Cc1ccc(O)cc1)C(=O)O. The Kier molecular flexibility index (Phi) is 9.52. The molecule has 0 radical (unpaired) electrons. The van der Waals surface area contributed by atoms with Gasteiger partial charge in [-0.15, -0.1) is 0 Å². The van der Waals surface area contributed by atoms with Crippen molar-refractivity contribution in [1.82, 2.24) is 25.9 Å². The number of phenols is 1. The van der Waals surface area contributed by atoms with Crippen molar-refractivity contribution in [2.45, 2.75) is 43.9 Å². The highest BCUT2D eigenvalue weighted by atomic mass is 16.4. The van der Waals surface area contributed by atoms with Crippen LogP contribution in [0.1, 0.15) is 18.2 Å². The molecule has 1 aromatic heterocycles. The van der Waals surface area contributed by atoms with Gasteiger partial charge in [-0.2, -0.15) is 0 Å². The summed E-state index contributed by atoms with van der Waals surface area (Å²) in [7, 11) is 0. The van der Waals surface area contributed by atoms with E-state index in [-0.39, 0.29) is 18.6 Å². The summed E-state index contributed by atoms with van der Waals surface area (Å²) in [6, 6.07) is 0.880. The van der Waals surface area contributed by atoms with Gasteiger partial charge in [0.2, 0.25) is 17.7 Å². The monoisotopic (exact) mass is 476 g/mol. The number of nitrogens with two attached hydrogens (primary N) is 1. The number of phenolic OH excluding ortho intramolecular Hbond substituents is 1. The first-order valence-electron chi connectivity index (χ1n) is 10.4. The second-order valence-electron chi connectivity index (χ2n) is 7.64. The van der Waals surface area contributed by atoms with Gasteiger partial charge in [0.25, 0.3) is 0 Å². The summed E-state index contributed by atoms with van der Waals surface area (Å²) in [6.45, 7) is 0.617. The lowest BCUT2D eigenvalue weighted by Crippen LogP contribution is -2.58. The summed E-state index contributed by atoms with van der Waals surface area (Å²) < 4.78 is 0. The Bertz CT molecular complexity index is 978. The number of carboxylic acids is 1. The van der Waals surface area contributed by atoms with Crippen molar-refractivity contribution in [3.05, 3.63) is 48.0 Å². The number of rotatable bonds is 12. The van der Waals surface area contributed by atoms with Crippen molar-refractivity contribution in [2.24, 2.45) is 5.73 Å².